The largest absolute Gasteiger partial charge is 0.494 e. The fourth-order valence-electron chi connectivity index (χ4n) is 4.89. The molecule has 0 heterocycles. The fraction of sp³-hybridized carbons (Fsp3) is 0.263. The molecule has 0 bridgehead atoms. The number of unbranched alkanes of at least 4 members (excludes halogenated alkanes) is 4. The van der Waals surface area contributed by atoms with Crippen LogP contribution < -0.4 is 24.8 Å². The molecular formula is C38H39FN2O8. The number of aliphatic carboxylic acids is 1. The van der Waals surface area contributed by atoms with E-state index in [4.69, 9.17) is 14.2 Å². The average Bonchev–Trinajstić information content (AvgIpc) is 3.10. The van der Waals surface area contributed by atoms with E-state index in [-0.39, 0.29) is 29.0 Å². The molecule has 0 saturated heterocycles. The Kier molecular flexibility index (Phi) is 13.3. The second kappa shape index (κ2) is 18.0. The van der Waals surface area contributed by atoms with Crippen molar-refractivity contribution in [2.24, 2.45) is 0 Å². The number of anilines is 1. The van der Waals surface area contributed by atoms with Crippen molar-refractivity contribution in [3.05, 3.63) is 119 Å². The molecule has 10 nitrogen and oxygen atoms in total. The van der Waals surface area contributed by atoms with Gasteiger partial charge in [-0.2, -0.15) is 0 Å². The summed E-state index contributed by atoms with van der Waals surface area (Å²) < 4.78 is 29.9. The van der Waals surface area contributed by atoms with E-state index in [1.165, 1.54) is 68.8 Å². The second-order valence-corrected chi connectivity index (χ2v) is 11.3. The highest BCUT2D eigenvalue weighted by molar-refractivity contribution is 6.05. The van der Waals surface area contributed by atoms with Gasteiger partial charge in [-0.1, -0.05) is 44.7 Å². The molecule has 4 rings (SSSR count). The number of carboxylic acids is 1. The first-order valence-corrected chi connectivity index (χ1v) is 16.0. The highest BCUT2D eigenvalue weighted by atomic mass is 19.1. The smallest absolute Gasteiger partial charge is 0.343 e. The molecule has 0 aliphatic heterocycles. The summed E-state index contributed by atoms with van der Waals surface area (Å²) in [4.78, 5) is 50.5. The highest BCUT2D eigenvalue weighted by Crippen LogP contribution is 2.30. The Morgan fingerprint density at radius 1 is 0.776 bits per heavy atom. The molecule has 0 spiro atoms. The van der Waals surface area contributed by atoms with Gasteiger partial charge in [0.05, 0.1) is 19.3 Å². The Morgan fingerprint density at radius 2 is 1.49 bits per heavy atom. The van der Waals surface area contributed by atoms with Crippen LogP contribution in [-0.4, -0.2) is 48.6 Å². The van der Waals surface area contributed by atoms with Gasteiger partial charge in [-0.3, -0.25) is 9.59 Å². The normalized spacial score (nSPS) is 11.2. The number of hydrogen-bond donors (Lipinski definition) is 3. The monoisotopic (exact) mass is 670 g/mol. The van der Waals surface area contributed by atoms with Crippen molar-refractivity contribution in [1.29, 1.82) is 0 Å². The molecule has 0 radical (unpaired) electrons. The molecule has 11 heteroatoms. The van der Waals surface area contributed by atoms with Crippen LogP contribution in [0.1, 0.15) is 75.7 Å². The number of methoxy groups -OCH3 is 1. The van der Waals surface area contributed by atoms with Gasteiger partial charge in [0.1, 0.15) is 17.6 Å². The summed E-state index contributed by atoms with van der Waals surface area (Å²) in [6, 6.07) is 20.9. The predicted octanol–water partition coefficient (Wildman–Crippen LogP) is 7.08. The quantitative estimate of drug-likeness (QED) is 0.0615. The Labute approximate surface area is 284 Å². The van der Waals surface area contributed by atoms with E-state index >= 15 is 0 Å². The van der Waals surface area contributed by atoms with E-state index in [0.29, 0.717) is 29.2 Å². The third-order valence-corrected chi connectivity index (χ3v) is 7.57. The minimum Gasteiger partial charge on any atom is -0.494 e. The number of carbonyl (C=O) groups excluding carboxylic acids is 3. The maximum Gasteiger partial charge on any atom is 0.343 e. The van der Waals surface area contributed by atoms with Crippen molar-refractivity contribution in [1.82, 2.24) is 5.32 Å². The number of nitrogens with one attached hydrogen (secondary N) is 2. The lowest BCUT2D eigenvalue weighted by atomic mass is 10.0. The van der Waals surface area contributed by atoms with E-state index in [1.807, 2.05) is 0 Å². The molecule has 0 aliphatic carbocycles. The van der Waals surface area contributed by atoms with E-state index in [9.17, 15) is 28.7 Å². The van der Waals surface area contributed by atoms with Gasteiger partial charge in [0.2, 0.25) is 0 Å². The molecule has 1 unspecified atom stereocenters. The van der Waals surface area contributed by atoms with E-state index < -0.39 is 35.6 Å². The van der Waals surface area contributed by atoms with Crippen molar-refractivity contribution in [2.45, 2.75) is 51.5 Å². The first kappa shape index (κ1) is 36.1. The van der Waals surface area contributed by atoms with Crippen LogP contribution in [0, 0.1) is 5.82 Å². The van der Waals surface area contributed by atoms with E-state index in [0.717, 1.165) is 25.0 Å². The summed E-state index contributed by atoms with van der Waals surface area (Å²) in [5, 5.41) is 15.0. The molecule has 256 valence electrons. The lowest BCUT2D eigenvalue weighted by molar-refractivity contribution is -0.139. The summed E-state index contributed by atoms with van der Waals surface area (Å²) in [5.74, 6) is -2.53. The molecular weight excluding hydrogens is 631 g/mol. The van der Waals surface area contributed by atoms with Gasteiger partial charge in [0.25, 0.3) is 11.8 Å². The van der Waals surface area contributed by atoms with Crippen molar-refractivity contribution in [3.8, 4) is 17.2 Å². The average molecular weight is 671 g/mol. The minimum atomic E-state index is -1.32. The van der Waals surface area contributed by atoms with Crippen molar-refractivity contribution >= 4 is 29.4 Å². The maximum absolute atomic E-state index is 13.2. The van der Waals surface area contributed by atoms with E-state index in [2.05, 4.69) is 17.6 Å². The van der Waals surface area contributed by atoms with Gasteiger partial charge >= 0.3 is 11.9 Å². The Balaban J connectivity index is 1.35. The summed E-state index contributed by atoms with van der Waals surface area (Å²) in [7, 11) is 1.39. The lowest BCUT2D eigenvalue weighted by Crippen LogP contribution is -2.42. The number of hydrogen-bond acceptors (Lipinski definition) is 7. The lowest BCUT2D eigenvalue weighted by Gasteiger charge is -2.17. The van der Waals surface area contributed by atoms with Crippen LogP contribution in [0.3, 0.4) is 0 Å². The molecule has 0 saturated carbocycles. The minimum absolute atomic E-state index is 0.104. The van der Waals surface area contributed by atoms with Gasteiger partial charge in [-0.05, 0) is 90.8 Å². The molecule has 0 fully saturated rings. The molecule has 4 aromatic carbocycles. The third-order valence-electron chi connectivity index (χ3n) is 7.57. The Morgan fingerprint density at radius 3 is 2.18 bits per heavy atom. The molecule has 1 atom stereocenters. The van der Waals surface area contributed by atoms with Crippen molar-refractivity contribution < 1.29 is 42.9 Å². The number of amides is 2. The number of carbonyl (C=O) groups is 4. The van der Waals surface area contributed by atoms with E-state index in [1.54, 1.807) is 36.4 Å². The number of ether oxygens (including phenoxy) is 3. The zero-order valence-electron chi connectivity index (χ0n) is 27.4. The van der Waals surface area contributed by atoms with Gasteiger partial charge < -0.3 is 30.0 Å². The maximum atomic E-state index is 13.2. The number of carboxylic acid groups (broad SMARTS) is 1. The topological polar surface area (TPSA) is 140 Å². The van der Waals surface area contributed by atoms with Crippen molar-refractivity contribution in [2.75, 3.05) is 19.0 Å². The highest BCUT2D eigenvalue weighted by Gasteiger charge is 2.23. The first-order valence-electron chi connectivity index (χ1n) is 16.0. The Bertz CT molecular complexity index is 1740. The van der Waals surface area contributed by atoms with Crippen LogP contribution in [0.2, 0.25) is 0 Å². The third kappa shape index (κ3) is 10.9. The van der Waals surface area contributed by atoms with Gasteiger partial charge in [-0.25, -0.2) is 14.0 Å². The van der Waals surface area contributed by atoms with Crippen LogP contribution in [0.4, 0.5) is 10.1 Å². The summed E-state index contributed by atoms with van der Waals surface area (Å²) >= 11 is 0. The van der Waals surface area contributed by atoms with Crippen LogP contribution in [-0.2, 0) is 11.2 Å². The van der Waals surface area contributed by atoms with Crippen LogP contribution in [0.25, 0.3) is 0 Å². The number of benzene rings is 4. The SMILES string of the molecule is CCCCCCCOc1ccc(C(=O)Oc2ccc(CC(NC(=O)c3cccc(NC(=O)c4ccc(F)cc4)c3)C(=O)O)cc2OC)cc1. The van der Waals surface area contributed by atoms with Gasteiger partial charge in [0.15, 0.2) is 11.5 Å². The standard InChI is InChI=1S/C38H39FN2O8/c1-3-4-5-6-7-21-48-31-18-14-27(15-19-31)38(46)49-33-20-11-25(23-34(33)47-2)22-32(37(44)45)41-36(43)28-9-8-10-30(24-28)40-35(42)26-12-16-29(39)17-13-26/h8-20,23-24,32H,3-7,21-22H2,1-2H3,(H,40,42)(H,41,43)(H,44,45). The molecule has 0 aromatic heterocycles. The van der Waals surface area contributed by atoms with Crippen LogP contribution in [0.5, 0.6) is 17.2 Å². The molecule has 49 heavy (non-hydrogen) atoms. The van der Waals surface area contributed by atoms with Crippen molar-refractivity contribution in [3.63, 3.8) is 0 Å². The molecule has 3 N–H and O–H groups in total. The first-order chi connectivity index (χ1) is 23.7. The second-order valence-electron chi connectivity index (χ2n) is 11.3. The molecule has 2 amide bonds. The molecule has 4 aromatic rings. The predicted molar refractivity (Wildman–Crippen MR) is 182 cm³/mol. The molecule has 0 aliphatic rings. The van der Waals surface area contributed by atoms with Crippen LogP contribution in [0.15, 0.2) is 91.0 Å². The van der Waals surface area contributed by atoms with Gasteiger partial charge in [-0.15, -0.1) is 0 Å². The number of rotatable bonds is 17. The summed E-state index contributed by atoms with van der Waals surface area (Å²) in [6.45, 7) is 2.78. The number of halogens is 1. The summed E-state index contributed by atoms with van der Waals surface area (Å²) in [6.07, 6.45) is 5.56. The zero-order chi connectivity index (χ0) is 35.2. The fourth-order valence-corrected chi connectivity index (χ4v) is 4.89. The summed E-state index contributed by atoms with van der Waals surface area (Å²) in [5.41, 5.74) is 1.45. The number of esters is 1. The zero-order valence-corrected chi connectivity index (χ0v) is 27.4. The van der Waals surface area contributed by atoms with Gasteiger partial charge in [0, 0.05) is 23.2 Å². The Hall–Kier alpha value is -5.71. The van der Waals surface area contributed by atoms with Crippen LogP contribution >= 0.6 is 0 Å².